The average Bonchev–Trinajstić information content (AvgIpc) is 2.36. The van der Waals surface area contributed by atoms with Crippen LogP contribution < -0.4 is 22.2 Å². The molecule has 0 saturated heterocycles. The SMILES string of the molecule is CN(CC(=O)O)NC(=O)C[C@H](CCN)NC(=O)[C@@H](N)CC(=O)O. The maximum absolute atomic E-state index is 11.8. The molecule has 0 aromatic carbocycles. The minimum Gasteiger partial charge on any atom is -0.481 e. The smallest absolute Gasteiger partial charge is 0.319 e. The number of likely N-dealkylation sites (N-methyl/N-ethyl adjacent to an activating group) is 1. The first-order valence-electron chi connectivity index (χ1n) is 6.86. The third-order valence-corrected chi connectivity index (χ3v) is 2.71. The van der Waals surface area contributed by atoms with Gasteiger partial charge in [0.05, 0.1) is 12.5 Å². The van der Waals surface area contributed by atoms with Gasteiger partial charge in [-0.1, -0.05) is 0 Å². The zero-order valence-corrected chi connectivity index (χ0v) is 12.8. The summed E-state index contributed by atoms with van der Waals surface area (Å²) in [5, 5.41) is 20.7. The standard InChI is InChI=1S/C12H23N5O6/c1-17(6-11(21)22)16-9(18)4-7(2-3-13)15-12(23)8(14)5-10(19)20/h7-8H,2-6,13-14H2,1H3,(H,15,23)(H,16,18)(H,19,20)(H,21,22)/t7-,8-/m0/s1. The first-order valence-corrected chi connectivity index (χ1v) is 6.86. The number of hydrogen-bond acceptors (Lipinski definition) is 7. The van der Waals surface area contributed by atoms with E-state index in [0.29, 0.717) is 0 Å². The van der Waals surface area contributed by atoms with E-state index in [1.165, 1.54) is 7.05 Å². The van der Waals surface area contributed by atoms with Crippen molar-refractivity contribution in [3.05, 3.63) is 0 Å². The van der Waals surface area contributed by atoms with E-state index in [1.54, 1.807) is 0 Å². The van der Waals surface area contributed by atoms with E-state index in [4.69, 9.17) is 21.7 Å². The highest BCUT2D eigenvalue weighted by Crippen LogP contribution is 2.00. The first kappa shape index (κ1) is 20.8. The molecular weight excluding hydrogens is 310 g/mol. The number of hydrogen-bond donors (Lipinski definition) is 6. The highest BCUT2D eigenvalue weighted by atomic mass is 16.4. The van der Waals surface area contributed by atoms with Crippen molar-refractivity contribution in [3.63, 3.8) is 0 Å². The van der Waals surface area contributed by atoms with Gasteiger partial charge >= 0.3 is 11.9 Å². The molecule has 0 radical (unpaired) electrons. The fourth-order valence-corrected chi connectivity index (χ4v) is 1.74. The van der Waals surface area contributed by atoms with Gasteiger partial charge in [0.25, 0.3) is 0 Å². The van der Waals surface area contributed by atoms with Crippen LogP contribution >= 0.6 is 0 Å². The van der Waals surface area contributed by atoms with E-state index in [-0.39, 0.29) is 25.9 Å². The van der Waals surface area contributed by atoms with E-state index >= 15 is 0 Å². The molecule has 0 rings (SSSR count). The van der Waals surface area contributed by atoms with Gasteiger partial charge in [-0.3, -0.25) is 24.6 Å². The van der Waals surface area contributed by atoms with Crippen LogP contribution in [0.4, 0.5) is 0 Å². The number of carboxylic acid groups (broad SMARTS) is 2. The summed E-state index contributed by atoms with van der Waals surface area (Å²) in [5.74, 6) is -3.54. The van der Waals surface area contributed by atoms with Crippen LogP contribution in [-0.2, 0) is 19.2 Å². The molecule has 8 N–H and O–H groups in total. The van der Waals surface area contributed by atoms with Gasteiger partial charge in [-0.25, -0.2) is 5.01 Å². The number of aliphatic carboxylic acids is 2. The van der Waals surface area contributed by atoms with E-state index in [2.05, 4.69) is 10.7 Å². The minimum atomic E-state index is -1.23. The predicted molar refractivity (Wildman–Crippen MR) is 78.9 cm³/mol. The Morgan fingerprint density at radius 1 is 1.13 bits per heavy atom. The van der Waals surface area contributed by atoms with Gasteiger partial charge in [0.15, 0.2) is 0 Å². The van der Waals surface area contributed by atoms with Gasteiger partial charge < -0.3 is 27.0 Å². The first-order chi connectivity index (χ1) is 10.6. The van der Waals surface area contributed by atoms with E-state index in [1.807, 2.05) is 0 Å². The van der Waals surface area contributed by atoms with E-state index in [0.717, 1.165) is 5.01 Å². The molecule has 11 heteroatoms. The number of rotatable bonds is 11. The van der Waals surface area contributed by atoms with Gasteiger partial charge in [0.1, 0.15) is 6.54 Å². The molecule has 23 heavy (non-hydrogen) atoms. The second-order valence-electron chi connectivity index (χ2n) is 4.98. The topological polar surface area (TPSA) is 188 Å². The second-order valence-corrected chi connectivity index (χ2v) is 4.98. The number of carboxylic acids is 2. The highest BCUT2D eigenvalue weighted by Gasteiger charge is 2.22. The monoisotopic (exact) mass is 333 g/mol. The maximum Gasteiger partial charge on any atom is 0.319 e. The summed E-state index contributed by atoms with van der Waals surface area (Å²) in [4.78, 5) is 44.6. The lowest BCUT2D eigenvalue weighted by Gasteiger charge is -2.21. The van der Waals surface area contributed by atoms with Crippen molar-refractivity contribution in [2.24, 2.45) is 11.5 Å². The summed E-state index contributed by atoms with van der Waals surface area (Å²) < 4.78 is 0. The molecule has 0 bridgehead atoms. The van der Waals surface area contributed by atoms with Crippen LogP contribution in [0, 0.1) is 0 Å². The van der Waals surface area contributed by atoms with Crippen molar-refractivity contribution in [1.82, 2.24) is 15.8 Å². The molecule has 0 aromatic rings. The molecule has 0 heterocycles. The van der Waals surface area contributed by atoms with Crippen molar-refractivity contribution in [1.29, 1.82) is 0 Å². The summed E-state index contributed by atoms with van der Waals surface area (Å²) in [7, 11) is 1.38. The molecular formula is C12H23N5O6. The summed E-state index contributed by atoms with van der Waals surface area (Å²) in [5.41, 5.74) is 13.2. The van der Waals surface area contributed by atoms with Crippen molar-refractivity contribution in [2.75, 3.05) is 20.1 Å². The van der Waals surface area contributed by atoms with Gasteiger partial charge in [-0.15, -0.1) is 0 Å². The third-order valence-electron chi connectivity index (χ3n) is 2.71. The lowest BCUT2D eigenvalue weighted by molar-refractivity contribution is -0.140. The molecule has 0 saturated carbocycles. The molecule has 0 aliphatic rings. The Kier molecular flexibility index (Phi) is 9.46. The number of nitrogens with two attached hydrogens (primary N) is 2. The van der Waals surface area contributed by atoms with Crippen LogP contribution in [-0.4, -0.2) is 71.2 Å². The van der Waals surface area contributed by atoms with Crippen LogP contribution in [0.2, 0.25) is 0 Å². The van der Waals surface area contributed by atoms with Crippen molar-refractivity contribution < 1.29 is 29.4 Å². The number of hydrazine groups is 1. The number of amides is 2. The lowest BCUT2D eigenvalue weighted by atomic mass is 10.1. The Balaban J connectivity index is 4.49. The Hall–Kier alpha value is -2.24. The Morgan fingerprint density at radius 2 is 1.74 bits per heavy atom. The predicted octanol–water partition coefficient (Wildman–Crippen LogP) is -2.94. The van der Waals surface area contributed by atoms with Crippen molar-refractivity contribution in [2.45, 2.75) is 31.3 Å². The van der Waals surface area contributed by atoms with Crippen molar-refractivity contribution in [3.8, 4) is 0 Å². The van der Waals surface area contributed by atoms with Crippen LogP contribution in [0.3, 0.4) is 0 Å². The molecule has 2 atom stereocenters. The van der Waals surface area contributed by atoms with Crippen LogP contribution in [0.5, 0.6) is 0 Å². The fraction of sp³-hybridized carbons (Fsp3) is 0.667. The summed E-state index contributed by atoms with van der Waals surface area (Å²) in [6.07, 6.45) is -0.400. The maximum atomic E-state index is 11.8. The van der Waals surface area contributed by atoms with E-state index < -0.39 is 42.3 Å². The van der Waals surface area contributed by atoms with Gasteiger partial charge in [0, 0.05) is 19.5 Å². The molecule has 0 fully saturated rings. The normalized spacial score (nSPS) is 13.2. The second kappa shape index (κ2) is 10.5. The molecule has 2 amide bonds. The number of nitrogens with zero attached hydrogens (tertiary/aromatic N) is 1. The third kappa shape index (κ3) is 10.2. The molecule has 0 aliphatic carbocycles. The molecule has 0 aliphatic heterocycles. The summed E-state index contributed by atoms with van der Waals surface area (Å²) in [6, 6.07) is -1.86. The Bertz CT molecular complexity index is 444. The highest BCUT2D eigenvalue weighted by molar-refractivity contribution is 5.86. The van der Waals surface area contributed by atoms with Crippen LogP contribution in [0.15, 0.2) is 0 Å². The summed E-state index contributed by atoms with van der Waals surface area (Å²) >= 11 is 0. The molecule has 0 spiro atoms. The van der Waals surface area contributed by atoms with Gasteiger partial charge in [0.2, 0.25) is 11.8 Å². The zero-order valence-electron chi connectivity index (χ0n) is 12.8. The Labute approximate surface area is 132 Å². The number of carbonyl (C=O) groups is 4. The number of nitrogens with one attached hydrogen (secondary N) is 2. The fourth-order valence-electron chi connectivity index (χ4n) is 1.74. The Morgan fingerprint density at radius 3 is 2.22 bits per heavy atom. The van der Waals surface area contributed by atoms with Crippen molar-refractivity contribution >= 4 is 23.8 Å². The molecule has 11 nitrogen and oxygen atoms in total. The van der Waals surface area contributed by atoms with E-state index in [9.17, 15) is 19.2 Å². The van der Waals surface area contributed by atoms with Crippen LogP contribution in [0.1, 0.15) is 19.3 Å². The number of carbonyl (C=O) groups excluding carboxylic acids is 2. The molecule has 0 unspecified atom stereocenters. The zero-order chi connectivity index (χ0) is 18.0. The molecule has 0 aromatic heterocycles. The minimum absolute atomic E-state index is 0.146. The van der Waals surface area contributed by atoms with Gasteiger partial charge in [-0.2, -0.15) is 0 Å². The summed E-state index contributed by atoms with van der Waals surface area (Å²) in [6.45, 7) is -0.194. The van der Waals surface area contributed by atoms with Crippen LogP contribution in [0.25, 0.3) is 0 Å². The molecule has 132 valence electrons. The lowest BCUT2D eigenvalue weighted by Crippen LogP contribution is -2.49. The van der Waals surface area contributed by atoms with Gasteiger partial charge in [-0.05, 0) is 13.0 Å². The average molecular weight is 333 g/mol. The largest absolute Gasteiger partial charge is 0.481 e. The quantitative estimate of drug-likeness (QED) is 0.215.